The molecule has 7 heteroatoms. The van der Waals surface area contributed by atoms with Crippen molar-refractivity contribution in [2.24, 2.45) is 0 Å². The minimum atomic E-state index is -0.217. The van der Waals surface area contributed by atoms with Crippen molar-refractivity contribution in [1.82, 2.24) is 4.98 Å². The molecule has 0 bridgehead atoms. The highest BCUT2D eigenvalue weighted by atomic mass is 32.1. The molecule has 1 N–H and O–H groups in total. The van der Waals surface area contributed by atoms with Gasteiger partial charge in [-0.3, -0.25) is 4.79 Å². The first kappa shape index (κ1) is 19.7. The Morgan fingerprint density at radius 2 is 1.61 bits per heavy atom. The summed E-state index contributed by atoms with van der Waals surface area (Å²) in [5.41, 5.74) is 3.19. The minimum Gasteiger partial charge on any atom is -0.495 e. The highest BCUT2D eigenvalue weighted by molar-refractivity contribution is 7.17. The van der Waals surface area contributed by atoms with Crippen molar-refractivity contribution in [2.45, 2.75) is 13.8 Å². The lowest BCUT2D eigenvalue weighted by Gasteiger charge is -2.10. The van der Waals surface area contributed by atoms with Crippen LogP contribution in [0.1, 0.15) is 20.9 Å². The lowest BCUT2D eigenvalue weighted by molar-refractivity contribution is 0.102. The van der Waals surface area contributed by atoms with Crippen LogP contribution in [0.2, 0.25) is 0 Å². The predicted octanol–water partition coefficient (Wildman–Crippen LogP) is 4.71. The van der Waals surface area contributed by atoms with Crippen molar-refractivity contribution in [3.05, 3.63) is 52.5 Å². The molecule has 3 rings (SSSR count). The number of thiazole rings is 1. The molecular weight excluding hydrogens is 376 g/mol. The maximum atomic E-state index is 12.8. The number of nitrogens with one attached hydrogen (secondary N) is 1. The lowest BCUT2D eigenvalue weighted by Crippen LogP contribution is -2.12. The fourth-order valence-electron chi connectivity index (χ4n) is 2.80. The van der Waals surface area contributed by atoms with Crippen LogP contribution < -0.4 is 19.5 Å². The van der Waals surface area contributed by atoms with Crippen molar-refractivity contribution in [1.29, 1.82) is 0 Å². The van der Waals surface area contributed by atoms with E-state index in [9.17, 15) is 4.79 Å². The summed E-state index contributed by atoms with van der Waals surface area (Å²) in [5, 5.41) is 3.66. The molecule has 0 saturated carbocycles. The number of benzene rings is 2. The van der Waals surface area contributed by atoms with Crippen LogP contribution in [0.25, 0.3) is 10.6 Å². The summed E-state index contributed by atoms with van der Waals surface area (Å²) in [6.07, 6.45) is 0. The van der Waals surface area contributed by atoms with Crippen molar-refractivity contribution >= 4 is 22.9 Å². The molecular formula is C21H22N2O4S. The third kappa shape index (κ3) is 3.94. The molecule has 0 aliphatic heterocycles. The van der Waals surface area contributed by atoms with Crippen molar-refractivity contribution in [2.75, 3.05) is 26.6 Å². The lowest BCUT2D eigenvalue weighted by atomic mass is 10.2. The first-order valence-electron chi connectivity index (χ1n) is 8.62. The SMILES string of the molecule is COc1ccc(C)cc1NC(=O)c1sc(-c2ccc(OC)c(OC)c2)nc1C. The molecule has 28 heavy (non-hydrogen) atoms. The number of hydrogen-bond donors (Lipinski definition) is 1. The molecule has 0 radical (unpaired) electrons. The van der Waals surface area contributed by atoms with Crippen LogP contribution in [0.15, 0.2) is 36.4 Å². The summed E-state index contributed by atoms with van der Waals surface area (Å²) < 4.78 is 16.0. The standard InChI is InChI=1S/C21H22N2O4S/c1-12-6-8-16(25-3)15(10-12)23-20(24)19-13(2)22-21(28-19)14-7-9-17(26-4)18(11-14)27-5/h6-11H,1-5H3,(H,23,24). The average Bonchev–Trinajstić information content (AvgIpc) is 3.09. The van der Waals surface area contributed by atoms with Crippen molar-refractivity contribution < 1.29 is 19.0 Å². The maximum Gasteiger partial charge on any atom is 0.267 e. The van der Waals surface area contributed by atoms with Gasteiger partial charge in [-0.15, -0.1) is 11.3 Å². The van der Waals surface area contributed by atoms with Gasteiger partial charge < -0.3 is 19.5 Å². The Bertz CT molecular complexity index is 1010. The number of nitrogens with zero attached hydrogens (tertiary/aromatic N) is 1. The Balaban J connectivity index is 1.90. The van der Waals surface area contributed by atoms with Gasteiger partial charge in [0, 0.05) is 5.56 Å². The van der Waals surface area contributed by atoms with E-state index >= 15 is 0 Å². The first-order chi connectivity index (χ1) is 13.5. The predicted molar refractivity (Wildman–Crippen MR) is 111 cm³/mol. The third-order valence-corrected chi connectivity index (χ3v) is 5.44. The minimum absolute atomic E-state index is 0.217. The number of methoxy groups -OCH3 is 3. The maximum absolute atomic E-state index is 12.8. The van der Waals surface area contributed by atoms with Gasteiger partial charge in [-0.2, -0.15) is 0 Å². The topological polar surface area (TPSA) is 69.7 Å². The van der Waals surface area contributed by atoms with Gasteiger partial charge in [0.1, 0.15) is 15.6 Å². The van der Waals surface area contributed by atoms with Gasteiger partial charge >= 0.3 is 0 Å². The van der Waals surface area contributed by atoms with Crippen LogP contribution in [0.3, 0.4) is 0 Å². The molecule has 0 atom stereocenters. The van der Waals surface area contributed by atoms with Crippen LogP contribution in [0.5, 0.6) is 17.2 Å². The average molecular weight is 398 g/mol. The van der Waals surface area contributed by atoms with E-state index in [2.05, 4.69) is 10.3 Å². The molecule has 0 aliphatic rings. The third-order valence-electron chi connectivity index (χ3n) is 4.24. The molecule has 0 aliphatic carbocycles. The number of aromatic nitrogens is 1. The van der Waals surface area contributed by atoms with E-state index in [4.69, 9.17) is 14.2 Å². The van der Waals surface area contributed by atoms with Gasteiger partial charge in [-0.1, -0.05) is 6.07 Å². The fourth-order valence-corrected chi connectivity index (χ4v) is 3.76. The Kier molecular flexibility index (Phi) is 5.84. The van der Waals surface area contributed by atoms with Gasteiger partial charge in [0.25, 0.3) is 5.91 Å². The molecule has 1 heterocycles. The summed E-state index contributed by atoms with van der Waals surface area (Å²) in [4.78, 5) is 18.0. The Hall–Kier alpha value is -3.06. The normalized spacial score (nSPS) is 10.5. The van der Waals surface area contributed by atoms with Crippen LogP contribution in [-0.2, 0) is 0 Å². The summed E-state index contributed by atoms with van der Waals surface area (Å²) in [6, 6.07) is 11.2. The molecule has 0 saturated heterocycles. The van der Waals surface area contributed by atoms with Gasteiger partial charge in [0.05, 0.1) is 32.7 Å². The van der Waals surface area contributed by atoms with E-state index in [1.165, 1.54) is 11.3 Å². The number of anilines is 1. The molecule has 6 nitrogen and oxygen atoms in total. The zero-order valence-corrected chi connectivity index (χ0v) is 17.3. The number of amides is 1. The second kappa shape index (κ2) is 8.31. The van der Waals surface area contributed by atoms with Gasteiger partial charge in [0.2, 0.25) is 0 Å². The first-order valence-corrected chi connectivity index (χ1v) is 9.44. The number of ether oxygens (including phenoxy) is 3. The quantitative estimate of drug-likeness (QED) is 0.651. The van der Waals surface area contributed by atoms with E-state index in [1.807, 2.05) is 50.2 Å². The smallest absolute Gasteiger partial charge is 0.267 e. The monoisotopic (exact) mass is 398 g/mol. The van der Waals surface area contributed by atoms with Crippen LogP contribution >= 0.6 is 11.3 Å². The van der Waals surface area contributed by atoms with Crippen LogP contribution in [-0.4, -0.2) is 32.2 Å². The van der Waals surface area contributed by atoms with Crippen LogP contribution in [0.4, 0.5) is 5.69 Å². The fraction of sp³-hybridized carbons (Fsp3) is 0.238. The zero-order valence-electron chi connectivity index (χ0n) is 16.5. The Morgan fingerprint density at radius 3 is 2.29 bits per heavy atom. The van der Waals surface area contributed by atoms with Gasteiger partial charge in [-0.05, 0) is 49.7 Å². The number of aryl methyl sites for hydroxylation is 2. The summed E-state index contributed by atoms with van der Waals surface area (Å²) in [6.45, 7) is 3.78. The molecule has 0 fully saturated rings. The van der Waals surface area contributed by atoms with Crippen molar-refractivity contribution in [3.8, 4) is 27.8 Å². The molecule has 2 aromatic carbocycles. The van der Waals surface area contributed by atoms with E-state index in [0.717, 1.165) is 16.1 Å². The second-order valence-corrected chi connectivity index (χ2v) is 7.16. The number of hydrogen-bond acceptors (Lipinski definition) is 6. The Labute approximate surface area is 168 Å². The van der Waals surface area contributed by atoms with E-state index in [-0.39, 0.29) is 5.91 Å². The summed E-state index contributed by atoms with van der Waals surface area (Å²) >= 11 is 1.33. The largest absolute Gasteiger partial charge is 0.495 e. The molecule has 1 amide bonds. The van der Waals surface area contributed by atoms with E-state index in [0.29, 0.717) is 33.5 Å². The van der Waals surface area contributed by atoms with Gasteiger partial charge in [-0.25, -0.2) is 4.98 Å². The molecule has 1 aromatic heterocycles. The number of carbonyl (C=O) groups is 1. The van der Waals surface area contributed by atoms with Gasteiger partial charge in [0.15, 0.2) is 11.5 Å². The highest BCUT2D eigenvalue weighted by Crippen LogP contribution is 2.35. The van der Waals surface area contributed by atoms with Crippen molar-refractivity contribution in [3.63, 3.8) is 0 Å². The van der Waals surface area contributed by atoms with E-state index < -0.39 is 0 Å². The zero-order chi connectivity index (χ0) is 20.3. The Morgan fingerprint density at radius 1 is 0.929 bits per heavy atom. The molecule has 3 aromatic rings. The van der Waals surface area contributed by atoms with Crippen LogP contribution in [0, 0.1) is 13.8 Å². The summed E-state index contributed by atoms with van der Waals surface area (Å²) in [7, 11) is 4.75. The number of carbonyl (C=O) groups excluding carboxylic acids is 1. The molecule has 0 spiro atoms. The molecule has 0 unspecified atom stereocenters. The number of rotatable bonds is 6. The highest BCUT2D eigenvalue weighted by Gasteiger charge is 2.19. The second-order valence-electron chi connectivity index (χ2n) is 6.16. The molecule has 146 valence electrons. The summed E-state index contributed by atoms with van der Waals surface area (Å²) in [5.74, 6) is 1.65. The van der Waals surface area contributed by atoms with E-state index in [1.54, 1.807) is 21.3 Å².